The number of halogens is 4. The molecule has 3 amide bonds. The fraction of sp³-hybridized carbons (Fsp3) is 0.0455. The monoisotopic (exact) mass is 524 g/mol. The SMILES string of the molecule is O=C(CN1C(=O)S/C(=C\c2ccc(Sc3ccc(Cl)cc3)o2)C1=O)Nc1ccc(F)c(F)c1F. The first-order valence-corrected chi connectivity index (χ1v) is 11.4. The van der Waals surface area contributed by atoms with Gasteiger partial charge in [0.05, 0.1) is 10.6 Å². The van der Waals surface area contributed by atoms with Crippen LogP contribution in [0.3, 0.4) is 0 Å². The number of thioether (sulfide) groups is 1. The Labute approximate surface area is 204 Å². The lowest BCUT2D eigenvalue weighted by atomic mass is 10.2. The smallest absolute Gasteiger partial charge is 0.294 e. The molecule has 1 aliphatic heterocycles. The molecule has 2 heterocycles. The highest BCUT2D eigenvalue weighted by molar-refractivity contribution is 8.18. The quantitative estimate of drug-likeness (QED) is 0.306. The first-order chi connectivity index (χ1) is 16.2. The Morgan fingerprint density at radius 2 is 1.79 bits per heavy atom. The zero-order valence-corrected chi connectivity index (χ0v) is 19.2. The van der Waals surface area contributed by atoms with Crippen LogP contribution in [0.15, 0.2) is 67.8 Å². The number of amides is 3. The van der Waals surface area contributed by atoms with Crippen LogP contribution in [0.1, 0.15) is 5.76 Å². The molecule has 0 bridgehead atoms. The van der Waals surface area contributed by atoms with E-state index in [0.29, 0.717) is 38.6 Å². The summed E-state index contributed by atoms with van der Waals surface area (Å²) in [5.74, 6) is -6.16. The highest BCUT2D eigenvalue weighted by Gasteiger charge is 2.36. The van der Waals surface area contributed by atoms with E-state index in [9.17, 15) is 27.6 Å². The Morgan fingerprint density at radius 1 is 1.06 bits per heavy atom. The van der Waals surface area contributed by atoms with Crippen LogP contribution >= 0.6 is 35.1 Å². The molecule has 6 nitrogen and oxygen atoms in total. The molecule has 0 saturated carbocycles. The molecule has 0 aliphatic carbocycles. The van der Waals surface area contributed by atoms with Crippen LogP contribution in [0.2, 0.25) is 5.02 Å². The van der Waals surface area contributed by atoms with Crippen molar-refractivity contribution in [3.8, 4) is 0 Å². The molecule has 174 valence electrons. The summed E-state index contributed by atoms with van der Waals surface area (Å²) in [6, 6.07) is 11.9. The summed E-state index contributed by atoms with van der Waals surface area (Å²) >= 11 is 7.80. The topological polar surface area (TPSA) is 79.6 Å². The number of hydrogen-bond acceptors (Lipinski definition) is 6. The van der Waals surface area contributed by atoms with E-state index in [4.69, 9.17) is 16.0 Å². The maximum atomic E-state index is 13.7. The molecule has 2 aromatic carbocycles. The second kappa shape index (κ2) is 10.00. The van der Waals surface area contributed by atoms with Crippen LogP contribution in [0, 0.1) is 17.5 Å². The fourth-order valence-electron chi connectivity index (χ4n) is 2.81. The minimum Gasteiger partial charge on any atom is -0.450 e. The molecule has 1 aliphatic rings. The molecule has 0 unspecified atom stereocenters. The molecule has 1 saturated heterocycles. The number of nitrogens with one attached hydrogen (secondary N) is 1. The first kappa shape index (κ1) is 24.0. The predicted octanol–water partition coefficient (Wildman–Crippen LogP) is 6.18. The van der Waals surface area contributed by atoms with E-state index in [1.165, 1.54) is 17.8 Å². The van der Waals surface area contributed by atoms with E-state index >= 15 is 0 Å². The molecule has 3 aromatic rings. The van der Waals surface area contributed by atoms with Crippen molar-refractivity contribution in [3.63, 3.8) is 0 Å². The highest BCUT2D eigenvalue weighted by Crippen LogP contribution is 2.34. The molecule has 0 spiro atoms. The Balaban J connectivity index is 1.41. The molecule has 34 heavy (non-hydrogen) atoms. The summed E-state index contributed by atoms with van der Waals surface area (Å²) in [5.41, 5.74) is -0.618. The second-order valence-electron chi connectivity index (χ2n) is 6.75. The normalized spacial score (nSPS) is 14.8. The average Bonchev–Trinajstić information content (AvgIpc) is 3.35. The van der Waals surface area contributed by atoms with Crippen molar-refractivity contribution in [2.45, 2.75) is 9.99 Å². The maximum Gasteiger partial charge on any atom is 0.294 e. The number of carbonyl (C=O) groups is 3. The largest absolute Gasteiger partial charge is 0.450 e. The van der Waals surface area contributed by atoms with E-state index < -0.39 is 46.7 Å². The molecule has 0 atom stereocenters. The molecular formula is C22H12ClF3N2O4S2. The van der Waals surface area contributed by atoms with Gasteiger partial charge in [-0.25, -0.2) is 13.2 Å². The second-order valence-corrected chi connectivity index (χ2v) is 9.26. The number of rotatable bonds is 6. The average molecular weight is 525 g/mol. The van der Waals surface area contributed by atoms with Crippen LogP contribution in [0.25, 0.3) is 6.08 Å². The Bertz CT molecular complexity index is 1330. The molecule has 1 fully saturated rings. The van der Waals surface area contributed by atoms with Crippen molar-refractivity contribution in [2.75, 3.05) is 11.9 Å². The predicted molar refractivity (Wildman–Crippen MR) is 122 cm³/mol. The van der Waals surface area contributed by atoms with E-state index in [1.54, 1.807) is 24.3 Å². The first-order valence-electron chi connectivity index (χ1n) is 9.43. The Morgan fingerprint density at radius 3 is 2.53 bits per heavy atom. The molecule has 1 N–H and O–H groups in total. The van der Waals surface area contributed by atoms with Gasteiger partial charge >= 0.3 is 0 Å². The van der Waals surface area contributed by atoms with Gasteiger partial charge in [0, 0.05) is 16.0 Å². The third-order valence-corrected chi connectivity index (χ3v) is 6.48. The van der Waals surface area contributed by atoms with Crippen LogP contribution in [-0.4, -0.2) is 28.5 Å². The minimum atomic E-state index is -1.75. The van der Waals surface area contributed by atoms with Gasteiger partial charge in [0.1, 0.15) is 12.3 Å². The van der Waals surface area contributed by atoms with Gasteiger partial charge in [-0.15, -0.1) is 0 Å². The zero-order chi connectivity index (χ0) is 24.4. The van der Waals surface area contributed by atoms with E-state index in [0.717, 1.165) is 11.0 Å². The van der Waals surface area contributed by atoms with Gasteiger partial charge in [0.15, 0.2) is 22.5 Å². The molecule has 1 aromatic heterocycles. The van der Waals surface area contributed by atoms with Crippen molar-refractivity contribution in [1.29, 1.82) is 0 Å². The van der Waals surface area contributed by atoms with E-state index in [-0.39, 0.29) is 4.91 Å². The number of carbonyl (C=O) groups excluding carboxylic acids is 3. The van der Waals surface area contributed by atoms with Crippen LogP contribution < -0.4 is 5.32 Å². The van der Waals surface area contributed by atoms with Crippen molar-refractivity contribution >= 4 is 63.9 Å². The van der Waals surface area contributed by atoms with Gasteiger partial charge < -0.3 is 9.73 Å². The number of imide groups is 1. The number of anilines is 1. The summed E-state index contributed by atoms with van der Waals surface area (Å²) in [6.45, 7) is -0.740. The van der Waals surface area contributed by atoms with E-state index in [2.05, 4.69) is 0 Å². The van der Waals surface area contributed by atoms with Gasteiger partial charge in [-0.3, -0.25) is 19.3 Å². The molecule has 0 radical (unpaired) electrons. The van der Waals surface area contributed by atoms with Crippen LogP contribution in [-0.2, 0) is 9.59 Å². The molecular weight excluding hydrogens is 513 g/mol. The standard InChI is InChI=1S/C22H12ClF3N2O4S2/c23-11-1-4-13(5-2-11)33-18-8-3-12(32-18)9-16-21(30)28(22(31)34-16)10-17(29)27-15-7-6-14(24)19(25)20(15)26/h1-9H,10H2,(H,27,29)/b16-9-. The van der Waals surface area contributed by atoms with Gasteiger partial charge in [-0.1, -0.05) is 23.4 Å². The lowest BCUT2D eigenvalue weighted by Crippen LogP contribution is -2.36. The van der Waals surface area contributed by atoms with Crippen LogP contribution in [0.5, 0.6) is 0 Å². The summed E-state index contributed by atoms with van der Waals surface area (Å²) in [7, 11) is 0. The lowest BCUT2D eigenvalue weighted by Gasteiger charge is -2.13. The number of furan rings is 1. The van der Waals surface area contributed by atoms with Crippen molar-refractivity contribution < 1.29 is 32.0 Å². The zero-order valence-electron chi connectivity index (χ0n) is 16.8. The van der Waals surface area contributed by atoms with Crippen molar-refractivity contribution in [3.05, 3.63) is 81.7 Å². The van der Waals surface area contributed by atoms with Gasteiger partial charge in [-0.2, -0.15) is 0 Å². The maximum absolute atomic E-state index is 13.7. The minimum absolute atomic E-state index is 0.0224. The lowest BCUT2D eigenvalue weighted by molar-refractivity contribution is -0.127. The molecule has 12 heteroatoms. The summed E-state index contributed by atoms with van der Waals surface area (Å²) < 4.78 is 45.8. The fourth-order valence-corrected chi connectivity index (χ4v) is 4.53. The Hall–Kier alpha value is -3.15. The van der Waals surface area contributed by atoms with Crippen molar-refractivity contribution in [2.24, 2.45) is 0 Å². The summed E-state index contributed by atoms with van der Waals surface area (Å²) in [5, 5.41) is 2.44. The third kappa shape index (κ3) is 5.32. The van der Waals surface area contributed by atoms with Crippen molar-refractivity contribution in [1.82, 2.24) is 4.90 Å². The van der Waals surface area contributed by atoms with Gasteiger partial charge in [-0.05, 0) is 60.3 Å². The van der Waals surface area contributed by atoms with E-state index in [1.807, 2.05) is 17.4 Å². The van der Waals surface area contributed by atoms with Gasteiger partial charge in [0.25, 0.3) is 11.1 Å². The summed E-state index contributed by atoms with van der Waals surface area (Å²) in [6.07, 6.45) is 1.36. The number of benzene rings is 2. The number of hydrogen-bond donors (Lipinski definition) is 1. The third-order valence-electron chi connectivity index (χ3n) is 4.39. The summed E-state index contributed by atoms with van der Waals surface area (Å²) in [4.78, 5) is 38.6. The number of nitrogens with zero attached hydrogens (tertiary/aromatic N) is 1. The molecule has 4 rings (SSSR count). The Kier molecular flexibility index (Phi) is 7.05. The van der Waals surface area contributed by atoms with Gasteiger partial charge in [0.2, 0.25) is 5.91 Å². The van der Waals surface area contributed by atoms with Crippen LogP contribution in [0.4, 0.5) is 23.7 Å². The highest BCUT2D eigenvalue weighted by atomic mass is 35.5.